The van der Waals surface area contributed by atoms with Gasteiger partial charge in [0.15, 0.2) is 0 Å². The van der Waals surface area contributed by atoms with Crippen LogP contribution < -0.4 is 5.32 Å². The van der Waals surface area contributed by atoms with Gasteiger partial charge in [0.1, 0.15) is 6.42 Å². The molecule has 112 valence electrons. The quantitative estimate of drug-likeness (QED) is 0.671. The summed E-state index contributed by atoms with van der Waals surface area (Å²) >= 11 is 0. The number of esters is 1. The maximum absolute atomic E-state index is 11.6. The maximum atomic E-state index is 11.6. The van der Waals surface area contributed by atoms with Crippen LogP contribution in [0.25, 0.3) is 11.0 Å². The summed E-state index contributed by atoms with van der Waals surface area (Å²) in [5.74, 6) is -0.722. The summed E-state index contributed by atoms with van der Waals surface area (Å²) in [5.41, 5.74) is 2.81. The lowest BCUT2D eigenvalue weighted by Crippen LogP contribution is -2.17. The Bertz CT molecular complexity index is 683. The van der Waals surface area contributed by atoms with Crippen molar-refractivity contribution in [2.75, 3.05) is 12.4 Å². The van der Waals surface area contributed by atoms with Crippen molar-refractivity contribution in [2.24, 2.45) is 0 Å². The molecule has 0 atom stereocenters. The number of amides is 1. The highest BCUT2D eigenvalue weighted by atomic mass is 16.5. The van der Waals surface area contributed by atoms with Crippen molar-refractivity contribution in [2.45, 2.75) is 32.6 Å². The first kappa shape index (κ1) is 15.0. The number of H-pyrrole nitrogens is 1. The number of carbonyl (C=O) groups is 2. The number of carbonyl (C=O) groups excluding carboxylic acids is 2. The lowest BCUT2D eigenvalue weighted by molar-refractivity contribution is -0.142. The predicted octanol–water partition coefficient (Wildman–Crippen LogP) is 2.36. The van der Waals surface area contributed by atoms with Gasteiger partial charge >= 0.3 is 5.97 Å². The Morgan fingerprint density at radius 1 is 1.33 bits per heavy atom. The third kappa shape index (κ3) is 3.59. The van der Waals surface area contributed by atoms with E-state index in [1.165, 1.54) is 12.7 Å². The Morgan fingerprint density at radius 3 is 2.67 bits per heavy atom. The molecule has 0 fully saturated rings. The molecule has 2 N–H and O–H groups in total. The molecule has 0 aliphatic rings. The number of ether oxygens (including phenoxy) is 1. The van der Waals surface area contributed by atoms with Crippen molar-refractivity contribution in [3.05, 3.63) is 23.8 Å². The highest BCUT2D eigenvalue weighted by molar-refractivity contribution is 6.01. The normalized spacial score (nSPS) is 11.4. The fraction of sp³-hybridized carbons (Fsp3) is 0.400. The molecule has 2 aromatic rings. The molecule has 0 unspecified atom stereocenters. The third-order valence-corrected chi connectivity index (χ3v) is 3.14. The molecule has 0 saturated heterocycles. The maximum Gasteiger partial charge on any atom is 0.315 e. The first-order chi connectivity index (χ1) is 9.79. The van der Waals surface area contributed by atoms with Crippen LogP contribution in [0.3, 0.4) is 0 Å². The number of fused-ring (bicyclic) bond motifs is 1. The van der Waals surface area contributed by atoms with Gasteiger partial charge in [-0.1, -0.05) is 26.8 Å². The molecule has 0 saturated carbocycles. The van der Waals surface area contributed by atoms with Gasteiger partial charge in [0.25, 0.3) is 0 Å². The molecular formula is C15H19N3O3. The van der Waals surface area contributed by atoms with E-state index in [0.29, 0.717) is 5.95 Å². The number of aromatic nitrogens is 2. The fourth-order valence-electron chi connectivity index (χ4n) is 1.91. The van der Waals surface area contributed by atoms with Gasteiger partial charge in [0.05, 0.1) is 18.1 Å². The minimum atomic E-state index is -0.585. The van der Waals surface area contributed by atoms with E-state index in [1.807, 2.05) is 18.2 Å². The van der Waals surface area contributed by atoms with Crippen molar-refractivity contribution < 1.29 is 14.3 Å². The standard InChI is InChI=1S/C15H19N3O3/c1-15(2,3)9-5-6-10-11(7-9)17-14(16-10)18-12(19)8-13(20)21-4/h5-7H,8H2,1-4H3,(H2,16,17,18,19). The minimum Gasteiger partial charge on any atom is -0.469 e. The van der Waals surface area contributed by atoms with Crippen LogP contribution in [-0.2, 0) is 19.7 Å². The summed E-state index contributed by atoms with van der Waals surface area (Å²) in [6, 6.07) is 5.93. The van der Waals surface area contributed by atoms with Crippen LogP contribution in [0.4, 0.5) is 5.95 Å². The van der Waals surface area contributed by atoms with E-state index in [4.69, 9.17) is 0 Å². The van der Waals surface area contributed by atoms with Crippen LogP contribution in [0.2, 0.25) is 0 Å². The first-order valence-electron chi connectivity index (χ1n) is 6.66. The van der Waals surface area contributed by atoms with E-state index < -0.39 is 11.9 Å². The van der Waals surface area contributed by atoms with Crippen molar-refractivity contribution in [1.82, 2.24) is 9.97 Å². The number of imidazole rings is 1. The summed E-state index contributed by atoms with van der Waals surface area (Å²) in [7, 11) is 1.24. The average Bonchev–Trinajstić information content (AvgIpc) is 2.78. The van der Waals surface area contributed by atoms with Gasteiger partial charge in [-0.15, -0.1) is 0 Å². The van der Waals surface area contributed by atoms with Gasteiger partial charge in [-0.3, -0.25) is 14.9 Å². The van der Waals surface area contributed by atoms with E-state index >= 15 is 0 Å². The molecule has 0 radical (unpaired) electrons. The lowest BCUT2D eigenvalue weighted by atomic mass is 9.87. The van der Waals surface area contributed by atoms with E-state index in [2.05, 4.69) is 40.8 Å². The molecule has 6 heteroatoms. The number of nitrogens with zero attached hydrogens (tertiary/aromatic N) is 1. The average molecular weight is 289 g/mol. The van der Waals surface area contributed by atoms with E-state index in [0.717, 1.165) is 11.0 Å². The number of anilines is 1. The molecule has 1 amide bonds. The number of benzene rings is 1. The summed E-state index contributed by atoms with van der Waals surface area (Å²) in [5, 5.41) is 2.55. The van der Waals surface area contributed by atoms with Gasteiger partial charge in [0.2, 0.25) is 11.9 Å². The van der Waals surface area contributed by atoms with Gasteiger partial charge in [-0.25, -0.2) is 4.98 Å². The third-order valence-electron chi connectivity index (χ3n) is 3.14. The molecule has 0 aliphatic carbocycles. The zero-order valence-electron chi connectivity index (χ0n) is 12.6. The fourth-order valence-corrected chi connectivity index (χ4v) is 1.91. The zero-order valence-corrected chi connectivity index (χ0v) is 12.6. The summed E-state index contributed by atoms with van der Waals surface area (Å²) < 4.78 is 4.44. The Morgan fingerprint density at radius 2 is 2.05 bits per heavy atom. The summed E-state index contributed by atoms with van der Waals surface area (Å²) in [6.07, 6.45) is -0.333. The number of hydrogen-bond acceptors (Lipinski definition) is 4. The molecule has 1 aromatic carbocycles. The van der Waals surface area contributed by atoms with Crippen LogP contribution >= 0.6 is 0 Å². The van der Waals surface area contributed by atoms with Gasteiger partial charge in [0, 0.05) is 0 Å². The monoisotopic (exact) mass is 289 g/mol. The number of methoxy groups -OCH3 is 1. The Balaban J connectivity index is 2.19. The second-order valence-corrected chi connectivity index (χ2v) is 5.87. The summed E-state index contributed by atoms with van der Waals surface area (Å²) in [6.45, 7) is 6.39. The molecule has 0 bridgehead atoms. The second kappa shape index (κ2) is 5.55. The molecule has 21 heavy (non-hydrogen) atoms. The Hall–Kier alpha value is -2.37. The molecule has 0 aliphatic heterocycles. The van der Waals surface area contributed by atoms with Crippen LogP contribution in [-0.4, -0.2) is 29.0 Å². The van der Waals surface area contributed by atoms with Gasteiger partial charge in [-0.05, 0) is 23.1 Å². The number of hydrogen-bond donors (Lipinski definition) is 2. The SMILES string of the molecule is COC(=O)CC(=O)Nc1nc2ccc(C(C)(C)C)cc2[nH]1. The van der Waals surface area contributed by atoms with Gasteiger partial charge < -0.3 is 9.72 Å². The number of rotatable bonds is 3. The largest absolute Gasteiger partial charge is 0.469 e. The minimum absolute atomic E-state index is 0.0353. The highest BCUT2D eigenvalue weighted by Gasteiger charge is 2.16. The Labute approximate surface area is 122 Å². The van der Waals surface area contributed by atoms with Crippen molar-refractivity contribution in [3.63, 3.8) is 0 Å². The van der Waals surface area contributed by atoms with Crippen LogP contribution in [0.1, 0.15) is 32.8 Å². The Kier molecular flexibility index (Phi) is 3.97. The van der Waals surface area contributed by atoms with E-state index in [1.54, 1.807) is 0 Å². The molecule has 6 nitrogen and oxygen atoms in total. The van der Waals surface area contributed by atoms with Crippen molar-refractivity contribution in [3.8, 4) is 0 Å². The van der Waals surface area contributed by atoms with Crippen molar-refractivity contribution >= 4 is 28.9 Å². The molecule has 2 rings (SSSR count). The predicted molar refractivity (Wildman–Crippen MR) is 80.1 cm³/mol. The second-order valence-electron chi connectivity index (χ2n) is 5.87. The molecular weight excluding hydrogens is 270 g/mol. The smallest absolute Gasteiger partial charge is 0.315 e. The summed E-state index contributed by atoms with van der Waals surface area (Å²) in [4.78, 5) is 29.9. The highest BCUT2D eigenvalue weighted by Crippen LogP contribution is 2.25. The topological polar surface area (TPSA) is 84.1 Å². The van der Waals surface area contributed by atoms with Crippen LogP contribution in [0.5, 0.6) is 0 Å². The molecule has 1 heterocycles. The lowest BCUT2D eigenvalue weighted by Gasteiger charge is -2.18. The van der Waals surface area contributed by atoms with Crippen LogP contribution in [0.15, 0.2) is 18.2 Å². The van der Waals surface area contributed by atoms with Crippen LogP contribution in [0, 0.1) is 0 Å². The number of nitrogens with one attached hydrogen (secondary N) is 2. The van der Waals surface area contributed by atoms with Gasteiger partial charge in [-0.2, -0.15) is 0 Å². The molecule has 1 aromatic heterocycles. The molecule has 0 spiro atoms. The van der Waals surface area contributed by atoms with E-state index in [9.17, 15) is 9.59 Å². The zero-order chi connectivity index (χ0) is 15.6. The van der Waals surface area contributed by atoms with Crippen molar-refractivity contribution in [1.29, 1.82) is 0 Å². The number of aromatic amines is 1. The first-order valence-corrected chi connectivity index (χ1v) is 6.66. The van der Waals surface area contributed by atoms with E-state index in [-0.39, 0.29) is 11.8 Å².